The van der Waals surface area contributed by atoms with E-state index in [0.717, 1.165) is 49.8 Å². The lowest BCUT2D eigenvalue weighted by atomic mass is 9.94. The van der Waals surface area contributed by atoms with Crippen LogP contribution in [-0.4, -0.2) is 35.5 Å². The first kappa shape index (κ1) is 18.7. The molecule has 0 aromatic carbocycles. The number of carbonyl (C=O) groups excluding carboxylic acids is 1. The van der Waals surface area contributed by atoms with Gasteiger partial charge in [0.1, 0.15) is 11.6 Å². The highest BCUT2D eigenvalue weighted by Crippen LogP contribution is 2.24. The molecule has 0 spiro atoms. The van der Waals surface area contributed by atoms with Gasteiger partial charge in [-0.25, -0.2) is 9.97 Å². The van der Waals surface area contributed by atoms with Crippen molar-refractivity contribution in [2.75, 3.05) is 24.5 Å². The Bertz CT molecular complexity index is 577. The fraction of sp³-hybridized carbons (Fsp3) is 0.737. The average molecular weight is 332 g/mol. The molecule has 1 saturated heterocycles. The zero-order valence-corrected chi connectivity index (χ0v) is 16.0. The minimum Gasteiger partial charge on any atom is -0.356 e. The molecular formula is C19H32N4O. The number of aryl methyl sites for hydroxylation is 1. The van der Waals surface area contributed by atoms with Crippen molar-refractivity contribution in [2.24, 2.45) is 11.3 Å². The molecule has 1 unspecified atom stereocenters. The number of hydrogen-bond acceptors (Lipinski definition) is 4. The predicted octanol–water partition coefficient (Wildman–Crippen LogP) is 3.29. The van der Waals surface area contributed by atoms with Crippen LogP contribution < -0.4 is 10.2 Å². The highest BCUT2D eigenvalue weighted by atomic mass is 16.2. The van der Waals surface area contributed by atoms with Gasteiger partial charge in [-0.2, -0.15) is 0 Å². The second-order valence-electron chi connectivity index (χ2n) is 8.29. The van der Waals surface area contributed by atoms with Crippen LogP contribution >= 0.6 is 0 Å². The van der Waals surface area contributed by atoms with Crippen LogP contribution in [-0.2, 0) is 4.79 Å². The summed E-state index contributed by atoms with van der Waals surface area (Å²) in [4.78, 5) is 23.7. The standard InChI is InChI=1S/C19H32N4O/c1-13(2)17-21-14(3)10-16(22-17)23-9-7-8-15(12-23)11-20-18(24)19(4,5)6/h10,13,15H,7-9,11-12H2,1-6H3,(H,20,24). The Morgan fingerprint density at radius 3 is 2.71 bits per heavy atom. The summed E-state index contributed by atoms with van der Waals surface area (Å²) in [5, 5.41) is 3.11. The highest BCUT2D eigenvalue weighted by Gasteiger charge is 2.25. The van der Waals surface area contributed by atoms with Gasteiger partial charge in [0.05, 0.1) is 0 Å². The van der Waals surface area contributed by atoms with E-state index in [9.17, 15) is 4.79 Å². The molecule has 24 heavy (non-hydrogen) atoms. The van der Waals surface area contributed by atoms with Gasteiger partial charge in [-0.1, -0.05) is 34.6 Å². The molecular weight excluding hydrogens is 300 g/mol. The summed E-state index contributed by atoms with van der Waals surface area (Å²) in [5.41, 5.74) is 0.691. The molecule has 1 aromatic heterocycles. The minimum absolute atomic E-state index is 0.125. The third-order valence-electron chi connectivity index (χ3n) is 4.45. The van der Waals surface area contributed by atoms with Gasteiger partial charge in [0.15, 0.2) is 0 Å². The van der Waals surface area contributed by atoms with Crippen molar-refractivity contribution in [1.29, 1.82) is 0 Å². The van der Waals surface area contributed by atoms with Gasteiger partial charge in [-0.3, -0.25) is 4.79 Å². The summed E-state index contributed by atoms with van der Waals surface area (Å²) in [7, 11) is 0. The summed E-state index contributed by atoms with van der Waals surface area (Å²) in [6.07, 6.45) is 2.29. The summed E-state index contributed by atoms with van der Waals surface area (Å²) in [5.74, 6) is 2.86. The van der Waals surface area contributed by atoms with Crippen LogP contribution in [0, 0.1) is 18.3 Å². The number of rotatable bonds is 4. The Morgan fingerprint density at radius 2 is 2.08 bits per heavy atom. The second-order valence-corrected chi connectivity index (χ2v) is 8.29. The molecule has 1 amide bonds. The lowest BCUT2D eigenvalue weighted by Crippen LogP contribution is -2.43. The summed E-state index contributed by atoms with van der Waals surface area (Å²) in [6, 6.07) is 2.07. The Morgan fingerprint density at radius 1 is 1.38 bits per heavy atom. The van der Waals surface area contributed by atoms with Crippen LogP contribution in [0.1, 0.15) is 64.9 Å². The fourth-order valence-electron chi connectivity index (χ4n) is 2.94. The number of hydrogen-bond donors (Lipinski definition) is 1. The number of piperidine rings is 1. The van der Waals surface area contributed by atoms with E-state index in [0.29, 0.717) is 11.8 Å². The SMILES string of the molecule is Cc1cc(N2CCCC(CNC(=O)C(C)(C)C)C2)nc(C(C)C)n1. The highest BCUT2D eigenvalue weighted by molar-refractivity contribution is 5.81. The third kappa shape index (κ3) is 4.92. The van der Waals surface area contributed by atoms with Crippen molar-refractivity contribution in [3.05, 3.63) is 17.6 Å². The topological polar surface area (TPSA) is 58.1 Å². The second kappa shape index (κ2) is 7.49. The quantitative estimate of drug-likeness (QED) is 0.919. The van der Waals surface area contributed by atoms with E-state index in [1.54, 1.807) is 0 Å². The Balaban J connectivity index is 2.02. The normalized spacial score (nSPS) is 18.8. The number of nitrogens with one attached hydrogen (secondary N) is 1. The van der Waals surface area contributed by atoms with E-state index in [-0.39, 0.29) is 11.3 Å². The maximum Gasteiger partial charge on any atom is 0.225 e. The lowest BCUT2D eigenvalue weighted by Gasteiger charge is -2.34. The summed E-state index contributed by atoms with van der Waals surface area (Å²) in [6.45, 7) is 14.8. The molecule has 1 aliphatic heterocycles. The van der Waals surface area contributed by atoms with E-state index in [2.05, 4.69) is 35.1 Å². The average Bonchev–Trinajstić information content (AvgIpc) is 2.51. The number of carbonyl (C=O) groups is 1. The summed E-state index contributed by atoms with van der Waals surface area (Å²) < 4.78 is 0. The van der Waals surface area contributed by atoms with E-state index < -0.39 is 0 Å². The molecule has 1 aliphatic rings. The maximum atomic E-state index is 12.1. The van der Waals surface area contributed by atoms with Crippen LogP contribution in [0.3, 0.4) is 0 Å². The van der Waals surface area contributed by atoms with Gasteiger partial charge in [0.25, 0.3) is 0 Å². The van der Waals surface area contributed by atoms with E-state index in [4.69, 9.17) is 4.98 Å². The molecule has 134 valence electrons. The number of anilines is 1. The van der Waals surface area contributed by atoms with E-state index in [1.807, 2.05) is 27.7 Å². The molecule has 5 nitrogen and oxygen atoms in total. The van der Waals surface area contributed by atoms with Crippen molar-refractivity contribution < 1.29 is 4.79 Å². The molecule has 1 atom stereocenters. The van der Waals surface area contributed by atoms with Gasteiger partial charge in [-0.15, -0.1) is 0 Å². The molecule has 1 N–H and O–H groups in total. The van der Waals surface area contributed by atoms with Crippen molar-refractivity contribution >= 4 is 11.7 Å². The maximum absolute atomic E-state index is 12.1. The molecule has 1 aromatic rings. The zero-order valence-electron chi connectivity index (χ0n) is 16.0. The van der Waals surface area contributed by atoms with Crippen LogP contribution in [0.5, 0.6) is 0 Å². The fourth-order valence-corrected chi connectivity index (χ4v) is 2.94. The minimum atomic E-state index is -0.329. The van der Waals surface area contributed by atoms with Gasteiger partial charge < -0.3 is 10.2 Å². The van der Waals surface area contributed by atoms with Crippen molar-refractivity contribution in [3.63, 3.8) is 0 Å². The first-order chi connectivity index (χ1) is 11.2. The Labute approximate surface area is 146 Å². The van der Waals surface area contributed by atoms with Gasteiger partial charge in [-0.05, 0) is 25.7 Å². The molecule has 0 saturated carbocycles. The monoisotopic (exact) mass is 332 g/mol. The molecule has 2 rings (SSSR count). The first-order valence-electron chi connectivity index (χ1n) is 9.05. The predicted molar refractivity (Wildman–Crippen MR) is 98.3 cm³/mol. The van der Waals surface area contributed by atoms with Crippen molar-refractivity contribution in [2.45, 2.75) is 60.3 Å². The largest absolute Gasteiger partial charge is 0.356 e. The Hall–Kier alpha value is -1.65. The molecule has 5 heteroatoms. The van der Waals surface area contributed by atoms with Crippen LogP contribution in [0.25, 0.3) is 0 Å². The molecule has 1 fully saturated rings. The van der Waals surface area contributed by atoms with Gasteiger partial charge in [0, 0.05) is 42.7 Å². The number of aromatic nitrogens is 2. The van der Waals surface area contributed by atoms with E-state index in [1.165, 1.54) is 0 Å². The number of amides is 1. The van der Waals surface area contributed by atoms with Crippen LogP contribution in [0.15, 0.2) is 6.07 Å². The lowest BCUT2D eigenvalue weighted by molar-refractivity contribution is -0.128. The smallest absolute Gasteiger partial charge is 0.225 e. The van der Waals surface area contributed by atoms with E-state index >= 15 is 0 Å². The van der Waals surface area contributed by atoms with Crippen LogP contribution in [0.2, 0.25) is 0 Å². The van der Waals surface area contributed by atoms with Gasteiger partial charge >= 0.3 is 0 Å². The molecule has 0 radical (unpaired) electrons. The summed E-state index contributed by atoms with van der Waals surface area (Å²) >= 11 is 0. The molecule has 0 aliphatic carbocycles. The Kier molecular flexibility index (Phi) is 5.83. The molecule has 2 heterocycles. The zero-order chi connectivity index (χ0) is 17.9. The number of nitrogens with zero attached hydrogens (tertiary/aromatic N) is 3. The third-order valence-corrected chi connectivity index (χ3v) is 4.45. The molecule has 0 bridgehead atoms. The van der Waals surface area contributed by atoms with Gasteiger partial charge in [0.2, 0.25) is 5.91 Å². The van der Waals surface area contributed by atoms with Crippen molar-refractivity contribution in [3.8, 4) is 0 Å². The van der Waals surface area contributed by atoms with Crippen LogP contribution in [0.4, 0.5) is 5.82 Å². The first-order valence-corrected chi connectivity index (χ1v) is 9.05. The van der Waals surface area contributed by atoms with Crippen molar-refractivity contribution in [1.82, 2.24) is 15.3 Å².